The van der Waals surface area contributed by atoms with E-state index in [1.54, 1.807) is 18.0 Å². The first-order valence-electron chi connectivity index (χ1n) is 10.1. The number of likely N-dealkylation sites (tertiary alicyclic amines) is 1. The number of aryl methyl sites for hydroxylation is 1. The van der Waals surface area contributed by atoms with Gasteiger partial charge in [0, 0.05) is 24.8 Å². The maximum atomic E-state index is 12.5. The van der Waals surface area contributed by atoms with Crippen molar-refractivity contribution in [1.82, 2.24) is 24.8 Å². The predicted octanol–water partition coefficient (Wildman–Crippen LogP) is 2.93. The number of ether oxygens (including phenoxy) is 1. The number of carbonyl (C=O) groups excluding carboxylic acids is 2. The Balaban J connectivity index is 1.57. The van der Waals surface area contributed by atoms with Gasteiger partial charge in [-0.05, 0) is 32.4 Å². The zero-order chi connectivity index (χ0) is 21.1. The molecule has 3 aromatic rings. The number of hydrogen-bond donors (Lipinski definition) is 1. The number of urea groups is 1. The fourth-order valence-corrected chi connectivity index (χ4v) is 3.79. The van der Waals surface area contributed by atoms with Crippen LogP contribution in [-0.2, 0) is 9.53 Å². The molecule has 1 N–H and O–H groups in total. The number of benzene rings is 1. The Bertz CT molecular complexity index is 1060. The van der Waals surface area contributed by atoms with Crippen molar-refractivity contribution < 1.29 is 14.3 Å². The second kappa shape index (κ2) is 8.52. The normalized spacial score (nSPS) is 16.1. The lowest BCUT2D eigenvalue weighted by molar-refractivity contribution is -0.141. The van der Waals surface area contributed by atoms with Crippen LogP contribution in [0.5, 0.6) is 0 Å². The number of aromatic nitrogens is 3. The van der Waals surface area contributed by atoms with Gasteiger partial charge < -0.3 is 19.5 Å². The quantitative estimate of drug-likeness (QED) is 0.657. The largest absolute Gasteiger partial charge is 0.465 e. The molecule has 0 bridgehead atoms. The van der Waals surface area contributed by atoms with E-state index in [1.807, 2.05) is 12.1 Å². The summed E-state index contributed by atoms with van der Waals surface area (Å²) in [5, 5.41) is 2.64. The van der Waals surface area contributed by atoms with Gasteiger partial charge in [0.15, 0.2) is 5.65 Å². The SMILES string of the molecule is CCOC(=O)CNC(=O)N1CC[C@H](n2c(-c3ccc(C)cc3)nc3cccnc32)C1. The van der Waals surface area contributed by atoms with Gasteiger partial charge in [-0.15, -0.1) is 0 Å². The number of nitrogens with one attached hydrogen (secondary N) is 1. The number of imidazole rings is 1. The standard InChI is InChI=1S/C22H25N5O3/c1-3-30-19(28)13-24-22(29)26-12-10-17(14-26)27-20(16-8-6-15(2)7-9-16)25-18-5-4-11-23-21(18)27/h4-9,11,17H,3,10,12-14H2,1-2H3,(H,24,29)/t17-/m0/s1. The lowest BCUT2D eigenvalue weighted by Gasteiger charge is -2.19. The van der Waals surface area contributed by atoms with Gasteiger partial charge in [-0.1, -0.05) is 29.8 Å². The highest BCUT2D eigenvalue weighted by atomic mass is 16.5. The number of amides is 2. The highest BCUT2D eigenvalue weighted by Gasteiger charge is 2.31. The second-order valence-electron chi connectivity index (χ2n) is 7.37. The fourth-order valence-electron chi connectivity index (χ4n) is 3.79. The second-order valence-corrected chi connectivity index (χ2v) is 7.37. The van der Waals surface area contributed by atoms with E-state index in [1.165, 1.54) is 5.56 Å². The Morgan fingerprint density at radius 2 is 2.03 bits per heavy atom. The van der Waals surface area contributed by atoms with Crippen LogP contribution in [0.3, 0.4) is 0 Å². The Morgan fingerprint density at radius 3 is 2.80 bits per heavy atom. The van der Waals surface area contributed by atoms with Crippen molar-refractivity contribution in [3.05, 3.63) is 48.2 Å². The summed E-state index contributed by atoms with van der Waals surface area (Å²) in [5.74, 6) is 0.413. The summed E-state index contributed by atoms with van der Waals surface area (Å²) in [6.45, 7) is 5.08. The van der Waals surface area contributed by atoms with E-state index in [2.05, 4.69) is 46.1 Å². The molecule has 0 radical (unpaired) electrons. The molecule has 3 heterocycles. The first-order valence-corrected chi connectivity index (χ1v) is 10.1. The molecule has 156 valence electrons. The first-order chi connectivity index (χ1) is 14.6. The lowest BCUT2D eigenvalue weighted by atomic mass is 10.1. The molecule has 0 unspecified atom stereocenters. The van der Waals surface area contributed by atoms with Gasteiger partial charge >= 0.3 is 12.0 Å². The van der Waals surface area contributed by atoms with E-state index in [-0.39, 0.29) is 18.6 Å². The van der Waals surface area contributed by atoms with Crippen LogP contribution < -0.4 is 5.32 Å². The highest BCUT2D eigenvalue weighted by molar-refractivity contribution is 5.81. The molecular formula is C22H25N5O3. The van der Waals surface area contributed by atoms with E-state index in [9.17, 15) is 9.59 Å². The van der Waals surface area contributed by atoms with Crippen molar-refractivity contribution in [3.63, 3.8) is 0 Å². The van der Waals surface area contributed by atoms with Gasteiger partial charge in [0.2, 0.25) is 0 Å². The van der Waals surface area contributed by atoms with Gasteiger partial charge in [-0.25, -0.2) is 14.8 Å². The van der Waals surface area contributed by atoms with Gasteiger partial charge in [-0.2, -0.15) is 0 Å². The minimum Gasteiger partial charge on any atom is -0.465 e. The van der Waals surface area contributed by atoms with E-state index in [4.69, 9.17) is 9.72 Å². The van der Waals surface area contributed by atoms with Crippen molar-refractivity contribution in [2.24, 2.45) is 0 Å². The number of hydrogen-bond acceptors (Lipinski definition) is 5. The van der Waals surface area contributed by atoms with Crippen LogP contribution in [0.1, 0.15) is 24.9 Å². The van der Waals surface area contributed by atoms with E-state index in [0.29, 0.717) is 19.7 Å². The predicted molar refractivity (Wildman–Crippen MR) is 113 cm³/mol. The molecule has 30 heavy (non-hydrogen) atoms. The molecule has 1 aliphatic heterocycles. The molecule has 8 heteroatoms. The molecule has 2 amide bonds. The van der Waals surface area contributed by atoms with Crippen LogP contribution in [0.2, 0.25) is 0 Å². The Hall–Kier alpha value is -3.42. The molecule has 1 saturated heterocycles. The van der Waals surface area contributed by atoms with Crippen molar-refractivity contribution in [2.45, 2.75) is 26.3 Å². The van der Waals surface area contributed by atoms with Crippen LogP contribution in [-0.4, -0.2) is 57.7 Å². The molecule has 2 aromatic heterocycles. The van der Waals surface area contributed by atoms with Gasteiger partial charge in [-0.3, -0.25) is 4.79 Å². The zero-order valence-corrected chi connectivity index (χ0v) is 17.2. The van der Waals surface area contributed by atoms with Crippen LogP contribution in [0.4, 0.5) is 4.79 Å². The minimum atomic E-state index is -0.437. The summed E-state index contributed by atoms with van der Waals surface area (Å²) >= 11 is 0. The Kier molecular flexibility index (Phi) is 5.65. The summed E-state index contributed by atoms with van der Waals surface area (Å²) < 4.78 is 7.00. The van der Waals surface area contributed by atoms with Crippen molar-refractivity contribution in [1.29, 1.82) is 0 Å². The molecule has 8 nitrogen and oxygen atoms in total. The van der Waals surface area contributed by atoms with E-state index >= 15 is 0 Å². The number of carbonyl (C=O) groups is 2. The lowest BCUT2D eigenvalue weighted by Crippen LogP contribution is -2.41. The Labute approximate surface area is 174 Å². The Morgan fingerprint density at radius 1 is 1.23 bits per heavy atom. The third-order valence-electron chi connectivity index (χ3n) is 5.26. The first kappa shape index (κ1) is 19.9. The van der Waals surface area contributed by atoms with Crippen molar-refractivity contribution in [3.8, 4) is 11.4 Å². The summed E-state index contributed by atoms with van der Waals surface area (Å²) in [6.07, 6.45) is 2.55. The third kappa shape index (κ3) is 3.98. The van der Waals surface area contributed by atoms with Gasteiger partial charge in [0.25, 0.3) is 0 Å². The maximum Gasteiger partial charge on any atom is 0.325 e. The van der Waals surface area contributed by atoms with E-state index < -0.39 is 5.97 Å². The minimum absolute atomic E-state index is 0.0505. The number of pyridine rings is 1. The van der Waals surface area contributed by atoms with Crippen LogP contribution >= 0.6 is 0 Å². The molecule has 1 fully saturated rings. The van der Waals surface area contributed by atoms with Gasteiger partial charge in [0.05, 0.1) is 12.6 Å². The zero-order valence-electron chi connectivity index (χ0n) is 17.2. The van der Waals surface area contributed by atoms with Crippen LogP contribution in [0.15, 0.2) is 42.6 Å². The molecule has 1 atom stereocenters. The fraction of sp³-hybridized carbons (Fsp3) is 0.364. The highest BCUT2D eigenvalue weighted by Crippen LogP contribution is 2.32. The summed E-state index contributed by atoms with van der Waals surface area (Å²) in [7, 11) is 0. The smallest absolute Gasteiger partial charge is 0.325 e. The topological polar surface area (TPSA) is 89.4 Å². The molecule has 0 spiro atoms. The summed E-state index contributed by atoms with van der Waals surface area (Å²) in [5.41, 5.74) is 3.85. The average molecular weight is 407 g/mol. The summed E-state index contributed by atoms with van der Waals surface area (Å²) in [4.78, 5) is 35.1. The summed E-state index contributed by atoms with van der Waals surface area (Å²) in [6, 6.07) is 11.9. The molecule has 1 aliphatic rings. The number of fused-ring (bicyclic) bond motifs is 1. The third-order valence-corrected chi connectivity index (χ3v) is 5.26. The average Bonchev–Trinajstić information content (AvgIpc) is 3.37. The van der Waals surface area contributed by atoms with Crippen molar-refractivity contribution >= 4 is 23.2 Å². The van der Waals surface area contributed by atoms with Gasteiger partial charge in [0.1, 0.15) is 17.9 Å². The number of esters is 1. The maximum absolute atomic E-state index is 12.5. The molecule has 0 aliphatic carbocycles. The molecule has 1 aromatic carbocycles. The molecule has 4 rings (SSSR count). The molecular weight excluding hydrogens is 382 g/mol. The van der Waals surface area contributed by atoms with Crippen molar-refractivity contribution in [2.75, 3.05) is 26.2 Å². The monoisotopic (exact) mass is 407 g/mol. The van der Waals surface area contributed by atoms with Crippen LogP contribution in [0.25, 0.3) is 22.6 Å². The molecule has 0 saturated carbocycles. The van der Waals surface area contributed by atoms with E-state index in [0.717, 1.165) is 29.0 Å². The van der Waals surface area contributed by atoms with Crippen LogP contribution in [0, 0.1) is 6.92 Å². The number of rotatable bonds is 5. The number of nitrogens with zero attached hydrogens (tertiary/aromatic N) is 4.